The van der Waals surface area contributed by atoms with Gasteiger partial charge in [0.15, 0.2) is 0 Å². The topological polar surface area (TPSA) is 140 Å². The number of aromatic hydroxyl groups is 1. The molecule has 1 atom stereocenters. The maximum atomic E-state index is 10.6. The van der Waals surface area contributed by atoms with Crippen molar-refractivity contribution in [3.05, 3.63) is 23.0 Å². The Morgan fingerprint density at radius 3 is 2.55 bits per heavy atom. The molecule has 1 aliphatic rings. The first-order valence-corrected chi connectivity index (χ1v) is 6.80. The van der Waals surface area contributed by atoms with Crippen molar-refractivity contribution in [1.82, 2.24) is 10.3 Å². The van der Waals surface area contributed by atoms with E-state index in [0.29, 0.717) is 36.1 Å². The monoisotopic (exact) mass is 312 g/mol. The first kappa shape index (κ1) is 17.9. The van der Waals surface area contributed by atoms with Gasteiger partial charge in [0, 0.05) is 23.7 Å². The Kier molecular flexibility index (Phi) is 6.74. The summed E-state index contributed by atoms with van der Waals surface area (Å²) in [5, 5.41) is 37.9. The van der Waals surface area contributed by atoms with Crippen molar-refractivity contribution < 1.29 is 30.0 Å². The van der Waals surface area contributed by atoms with Gasteiger partial charge in [-0.3, -0.25) is 9.78 Å². The molecule has 8 heteroatoms. The molecule has 1 fully saturated rings. The molecule has 0 bridgehead atoms. The van der Waals surface area contributed by atoms with Crippen LogP contribution in [0.3, 0.4) is 0 Å². The average molecular weight is 312 g/mol. The molecule has 2 rings (SSSR count). The number of rotatable bonds is 3. The molecular formula is C14H20N2O6. The number of aliphatic hydroxyl groups is 2. The number of amides is 1. The number of aliphatic hydroxyl groups excluding tert-OH is 2. The van der Waals surface area contributed by atoms with Gasteiger partial charge in [-0.15, -0.1) is 0 Å². The van der Waals surface area contributed by atoms with Gasteiger partial charge in [-0.25, -0.2) is 4.79 Å². The summed E-state index contributed by atoms with van der Waals surface area (Å²) in [5.74, 6) is -1.13. The molecule has 122 valence electrons. The number of carboxylic acid groups (broad SMARTS) is 1. The smallest absolute Gasteiger partial charge is 0.326 e. The van der Waals surface area contributed by atoms with E-state index < -0.39 is 12.0 Å². The Morgan fingerprint density at radius 2 is 2.09 bits per heavy atom. The van der Waals surface area contributed by atoms with Gasteiger partial charge >= 0.3 is 5.97 Å². The van der Waals surface area contributed by atoms with Crippen LogP contribution in [0.2, 0.25) is 0 Å². The highest BCUT2D eigenvalue weighted by molar-refractivity contribution is 5.84. The van der Waals surface area contributed by atoms with Crippen LogP contribution in [-0.2, 0) is 22.8 Å². The highest BCUT2D eigenvalue weighted by Gasteiger charge is 2.23. The van der Waals surface area contributed by atoms with Gasteiger partial charge in [0.1, 0.15) is 11.8 Å². The van der Waals surface area contributed by atoms with Gasteiger partial charge in [-0.1, -0.05) is 0 Å². The van der Waals surface area contributed by atoms with Crippen LogP contribution in [0.4, 0.5) is 0 Å². The maximum absolute atomic E-state index is 10.6. The number of carboxylic acids is 1. The highest BCUT2D eigenvalue weighted by Crippen LogP contribution is 2.23. The van der Waals surface area contributed by atoms with E-state index in [1.54, 1.807) is 6.92 Å². The van der Waals surface area contributed by atoms with E-state index in [1.165, 1.54) is 6.20 Å². The van der Waals surface area contributed by atoms with Crippen molar-refractivity contribution in [3.63, 3.8) is 0 Å². The summed E-state index contributed by atoms with van der Waals surface area (Å²) >= 11 is 0. The summed E-state index contributed by atoms with van der Waals surface area (Å²) < 4.78 is 0. The normalized spacial score (nSPS) is 17.2. The van der Waals surface area contributed by atoms with Gasteiger partial charge < -0.3 is 25.7 Å². The minimum absolute atomic E-state index is 0.0379. The summed E-state index contributed by atoms with van der Waals surface area (Å²) in [6.45, 7) is 1.12. The first-order chi connectivity index (χ1) is 10.4. The molecule has 1 amide bonds. The zero-order chi connectivity index (χ0) is 16.7. The van der Waals surface area contributed by atoms with Crippen LogP contribution in [0.1, 0.15) is 36.1 Å². The number of hydrogen-bond acceptors (Lipinski definition) is 6. The van der Waals surface area contributed by atoms with Crippen molar-refractivity contribution in [2.75, 3.05) is 0 Å². The molecule has 22 heavy (non-hydrogen) atoms. The number of carbonyl (C=O) groups excluding carboxylic acids is 1. The predicted octanol–water partition coefficient (Wildman–Crippen LogP) is -0.180. The molecule has 5 N–H and O–H groups in total. The molecule has 0 aliphatic carbocycles. The Labute approximate surface area is 127 Å². The summed E-state index contributed by atoms with van der Waals surface area (Å²) in [6, 6.07) is -0.652. The van der Waals surface area contributed by atoms with E-state index in [1.807, 2.05) is 0 Å². The van der Waals surface area contributed by atoms with Crippen LogP contribution in [-0.4, -0.2) is 43.3 Å². The molecule has 2 heterocycles. The molecule has 1 aromatic heterocycles. The van der Waals surface area contributed by atoms with Gasteiger partial charge in [-0.05, 0) is 19.8 Å². The fourth-order valence-corrected chi connectivity index (χ4v) is 1.99. The van der Waals surface area contributed by atoms with Crippen molar-refractivity contribution in [1.29, 1.82) is 0 Å². The van der Waals surface area contributed by atoms with E-state index in [-0.39, 0.29) is 24.9 Å². The van der Waals surface area contributed by atoms with E-state index in [4.69, 9.17) is 15.3 Å². The second-order valence-corrected chi connectivity index (χ2v) is 4.86. The largest absolute Gasteiger partial charge is 0.506 e. The third-order valence-electron chi connectivity index (χ3n) is 3.29. The number of nitrogens with one attached hydrogen (secondary N) is 1. The van der Waals surface area contributed by atoms with Crippen LogP contribution in [0.25, 0.3) is 0 Å². The molecule has 0 spiro atoms. The minimum atomic E-state index is -0.937. The SMILES string of the molecule is Cc1ncc(CO)c(CO)c1O.O=C1CCC[C@@H](C(=O)O)N1. The second kappa shape index (κ2) is 8.30. The van der Waals surface area contributed by atoms with E-state index in [2.05, 4.69) is 10.3 Å². The summed E-state index contributed by atoms with van der Waals surface area (Å²) in [7, 11) is 0. The van der Waals surface area contributed by atoms with Gasteiger partial charge in [-0.2, -0.15) is 0 Å². The fourth-order valence-electron chi connectivity index (χ4n) is 1.99. The first-order valence-electron chi connectivity index (χ1n) is 6.80. The van der Waals surface area contributed by atoms with Crippen molar-refractivity contribution >= 4 is 11.9 Å². The highest BCUT2D eigenvalue weighted by atomic mass is 16.4. The number of aliphatic carboxylic acids is 1. The lowest BCUT2D eigenvalue weighted by atomic mass is 10.1. The number of hydrogen-bond donors (Lipinski definition) is 5. The zero-order valence-electron chi connectivity index (χ0n) is 12.2. The Bertz CT molecular complexity index is 544. The molecule has 0 aromatic carbocycles. The lowest BCUT2D eigenvalue weighted by Crippen LogP contribution is -2.43. The summed E-state index contributed by atoms with van der Waals surface area (Å²) in [5.41, 5.74) is 1.27. The van der Waals surface area contributed by atoms with Crippen LogP contribution in [0, 0.1) is 6.92 Å². The van der Waals surface area contributed by atoms with Crippen molar-refractivity contribution in [2.24, 2.45) is 0 Å². The molecule has 0 unspecified atom stereocenters. The van der Waals surface area contributed by atoms with Crippen LogP contribution in [0.15, 0.2) is 6.20 Å². The molecular weight excluding hydrogens is 292 g/mol. The number of aromatic nitrogens is 1. The van der Waals surface area contributed by atoms with E-state index in [9.17, 15) is 14.7 Å². The minimum Gasteiger partial charge on any atom is -0.506 e. The zero-order valence-corrected chi connectivity index (χ0v) is 12.2. The Hall–Kier alpha value is -2.19. The third-order valence-corrected chi connectivity index (χ3v) is 3.29. The Balaban J connectivity index is 0.000000224. The van der Waals surface area contributed by atoms with E-state index in [0.717, 1.165) is 0 Å². The molecule has 1 aromatic rings. The van der Waals surface area contributed by atoms with Crippen LogP contribution < -0.4 is 5.32 Å². The van der Waals surface area contributed by atoms with Gasteiger partial charge in [0.2, 0.25) is 5.91 Å². The fraction of sp³-hybridized carbons (Fsp3) is 0.500. The third kappa shape index (κ3) is 4.68. The quantitative estimate of drug-likeness (QED) is 0.521. The molecule has 1 aliphatic heterocycles. The summed E-state index contributed by atoms with van der Waals surface area (Å²) in [4.78, 5) is 24.7. The van der Waals surface area contributed by atoms with Gasteiger partial charge in [0.05, 0.1) is 18.9 Å². The van der Waals surface area contributed by atoms with Crippen molar-refractivity contribution in [3.8, 4) is 5.75 Å². The number of aryl methyl sites for hydroxylation is 1. The average Bonchev–Trinajstić information content (AvgIpc) is 2.50. The van der Waals surface area contributed by atoms with Crippen LogP contribution in [0.5, 0.6) is 5.75 Å². The molecule has 8 nitrogen and oxygen atoms in total. The molecule has 0 radical (unpaired) electrons. The maximum Gasteiger partial charge on any atom is 0.326 e. The lowest BCUT2D eigenvalue weighted by Gasteiger charge is -2.18. The van der Waals surface area contributed by atoms with E-state index >= 15 is 0 Å². The summed E-state index contributed by atoms with van der Waals surface area (Å²) in [6.07, 6.45) is 3.15. The standard InChI is InChI=1S/C8H11NO3.C6H9NO3/c1-5-8(12)7(4-11)6(3-10)2-9-5;8-5-3-1-2-4(7-5)6(9)10/h2,10-12H,3-4H2,1H3;4H,1-3H2,(H,7,8)(H,9,10)/t;4-/m.0/s1. The lowest BCUT2D eigenvalue weighted by molar-refractivity contribution is -0.143. The van der Waals surface area contributed by atoms with Crippen LogP contribution >= 0.6 is 0 Å². The molecule has 0 saturated carbocycles. The molecule has 1 saturated heterocycles. The number of pyridine rings is 1. The Morgan fingerprint density at radius 1 is 1.41 bits per heavy atom. The number of nitrogens with zero attached hydrogens (tertiary/aromatic N) is 1. The number of carbonyl (C=O) groups is 2. The second-order valence-electron chi connectivity index (χ2n) is 4.86. The van der Waals surface area contributed by atoms with Gasteiger partial charge in [0.25, 0.3) is 0 Å². The number of piperidine rings is 1. The predicted molar refractivity (Wildman–Crippen MR) is 75.9 cm³/mol. The van der Waals surface area contributed by atoms with Crippen molar-refractivity contribution in [2.45, 2.75) is 45.4 Å².